The molecule has 0 fully saturated rings. The third-order valence-corrected chi connectivity index (χ3v) is 3.46. The van der Waals surface area contributed by atoms with Gasteiger partial charge in [-0.15, -0.1) is 0 Å². The molecule has 1 aromatic carbocycles. The first-order valence-electron chi connectivity index (χ1n) is 6.62. The molecule has 1 aromatic heterocycles. The number of anilines is 1. The summed E-state index contributed by atoms with van der Waals surface area (Å²) in [5.41, 5.74) is 1.15. The topological polar surface area (TPSA) is 71.2 Å². The molecule has 0 bridgehead atoms. The lowest BCUT2D eigenvalue weighted by Crippen LogP contribution is -2.22. The van der Waals surface area contributed by atoms with Gasteiger partial charge in [0.2, 0.25) is 5.88 Å². The van der Waals surface area contributed by atoms with Gasteiger partial charge in [-0.3, -0.25) is 4.57 Å². The maximum atomic E-state index is 11.9. The highest BCUT2D eigenvalue weighted by molar-refractivity contribution is 5.44. The van der Waals surface area contributed by atoms with Crippen molar-refractivity contribution in [2.75, 3.05) is 18.5 Å². The zero-order valence-electron chi connectivity index (χ0n) is 11.6. The molecule has 21 heavy (non-hydrogen) atoms. The molecule has 0 spiro atoms. The normalized spacial score (nSPS) is 12.9. The minimum atomic E-state index is -0.294. The number of aromatic nitrogens is 2. The average molecular weight is 282 g/mol. The van der Waals surface area contributed by atoms with Crippen molar-refractivity contribution in [2.24, 2.45) is 0 Å². The molecule has 0 atom stereocenters. The zero-order valence-corrected chi connectivity index (χ0v) is 11.6. The van der Waals surface area contributed by atoms with Crippen LogP contribution in [0.1, 0.15) is 11.1 Å². The van der Waals surface area contributed by atoms with Crippen LogP contribution in [0.4, 0.5) is 5.82 Å². The van der Waals surface area contributed by atoms with Gasteiger partial charge in [0.1, 0.15) is 12.4 Å². The Bertz CT molecular complexity index is 776. The van der Waals surface area contributed by atoms with Crippen molar-refractivity contribution in [3.63, 3.8) is 0 Å². The molecule has 6 nitrogen and oxygen atoms in total. The second-order valence-corrected chi connectivity index (χ2v) is 4.91. The number of fused-ring (bicyclic) bond motifs is 1. The summed E-state index contributed by atoms with van der Waals surface area (Å²) in [5.74, 6) is 1.12. The van der Waals surface area contributed by atoms with Crippen LogP contribution in [0.25, 0.3) is 0 Å². The fourth-order valence-corrected chi connectivity index (χ4v) is 2.33. The van der Waals surface area contributed by atoms with E-state index >= 15 is 0 Å². The highest BCUT2D eigenvalue weighted by Crippen LogP contribution is 2.21. The van der Waals surface area contributed by atoms with Gasteiger partial charge < -0.3 is 9.64 Å². The zero-order chi connectivity index (χ0) is 14.8. The average Bonchev–Trinajstić information content (AvgIpc) is 2.87. The van der Waals surface area contributed by atoms with E-state index in [-0.39, 0.29) is 12.3 Å². The van der Waals surface area contributed by atoms with Crippen molar-refractivity contribution in [3.05, 3.63) is 51.9 Å². The van der Waals surface area contributed by atoms with E-state index in [1.54, 1.807) is 28.8 Å². The molecule has 0 saturated carbocycles. The van der Waals surface area contributed by atoms with Crippen molar-refractivity contribution in [2.45, 2.75) is 13.2 Å². The van der Waals surface area contributed by atoms with Crippen LogP contribution in [0.3, 0.4) is 0 Å². The number of nitrogens with zero attached hydrogens (tertiary/aromatic N) is 4. The van der Waals surface area contributed by atoms with Gasteiger partial charge in [0.15, 0.2) is 0 Å². The van der Waals surface area contributed by atoms with Crippen molar-refractivity contribution >= 4 is 5.82 Å². The fourth-order valence-electron chi connectivity index (χ4n) is 2.33. The number of ether oxygens (including phenoxy) is 1. The first kappa shape index (κ1) is 13.2. The van der Waals surface area contributed by atoms with Gasteiger partial charge in [-0.25, -0.2) is 4.79 Å². The molecule has 3 rings (SSSR count). The molecule has 0 saturated heterocycles. The van der Waals surface area contributed by atoms with E-state index in [1.165, 1.54) is 0 Å². The van der Waals surface area contributed by atoms with Crippen molar-refractivity contribution < 1.29 is 4.74 Å². The standard InChI is InChI=1S/C15H14N4O2/c1-18-5-6-19-14(18)8-13(17-15(19)20)21-10-12-4-2-3-11(7-12)9-16/h2-4,7-8H,5-6,10H2,1H3. The van der Waals surface area contributed by atoms with E-state index in [0.717, 1.165) is 17.9 Å². The highest BCUT2D eigenvalue weighted by Gasteiger charge is 2.18. The van der Waals surface area contributed by atoms with Crippen molar-refractivity contribution in [1.29, 1.82) is 5.26 Å². The van der Waals surface area contributed by atoms with Gasteiger partial charge in [0.25, 0.3) is 0 Å². The lowest BCUT2D eigenvalue weighted by Gasteiger charge is -2.12. The van der Waals surface area contributed by atoms with E-state index in [1.807, 2.05) is 18.0 Å². The van der Waals surface area contributed by atoms with Crippen LogP contribution >= 0.6 is 0 Å². The minimum absolute atomic E-state index is 0.273. The summed E-state index contributed by atoms with van der Waals surface area (Å²) < 4.78 is 7.21. The Morgan fingerprint density at radius 3 is 3.05 bits per heavy atom. The minimum Gasteiger partial charge on any atom is -0.473 e. The molecule has 0 radical (unpaired) electrons. The van der Waals surface area contributed by atoms with Crippen LogP contribution in [0, 0.1) is 11.3 Å². The number of hydrogen-bond donors (Lipinski definition) is 0. The predicted molar refractivity (Wildman–Crippen MR) is 77.3 cm³/mol. The van der Waals surface area contributed by atoms with Crippen LogP contribution in [0.5, 0.6) is 5.88 Å². The number of benzene rings is 1. The summed E-state index contributed by atoms with van der Waals surface area (Å²) >= 11 is 0. The first-order valence-corrected chi connectivity index (χ1v) is 6.62. The van der Waals surface area contributed by atoms with E-state index in [2.05, 4.69) is 11.1 Å². The molecule has 6 heteroatoms. The first-order chi connectivity index (χ1) is 10.2. The van der Waals surface area contributed by atoms with Gasteiger partial charge in [-0.2, -0.15) is 10.2 Å². The molecule has 0 N–H and O–H groups in total. The summed E-state index contributed by atoms with van der Waals surface area (Å²) in [6.07, 6.45) is 0. The Hall–Kier alpha value is -2.81. The van der Waals surface area contributed by atoms with Gasteiger partial charge in [0.05, 0.1) is 11.6 Å². The van der Waals surface area contributed by atoms with E-state index < -0.39 is 0 Å². The van der Waals surface area contributed by atoms with Crippen LogP contribution in [0.2, 0.25) is 0 Å². The Morgan fingerprint density at radius 1 is 1.38 bits per heavy atom. The van der Waals surface area contributed by atoms with Crippen LogP contribution in [-0.2, 0) is 13.2 Å². The number of rotatable bonds is 3. The van der Waals surface area contributed by atoms with Crippen LogP contribution in [0.15, 0.2) is 35.1 Å². The Kier molecular flexibility index (Phi) is 3.32. The molecular formula is C15H14N4O2. The lowest BCUT2D eigenvalue weighted by atomic mass is 10.1. The largest absolute Gasteiger partial charge is 0.473 e. The Balaban J connectivity index is 1.80. The van der Waals surface area contributed by atoms with Crippen molar-refractivity contribution in [3.8, 4) is 11.9 Å². The molecule has 1 aliphatic rings. The van der Waals surface area contributed by atoms with Crippen LogP contribution < -0.4 is 15.3 Å². The van der Waals surface area contributed by atoms with Crippen molar-refractivity contribution in [1.82, 2.24) is 9.55 Å². The monoisotopic (exact) mass is 282 g/mol. The Morgan fingerprint density at radius 2 is 2.24 bits per heavy atom. The molecule has 0 aliphatic carbocycles. The molecule has 2 heterocycles. The quantitative estimate of drug-likeness (QED) is 0.844. The summed E-state index contributed by atoms with van der Waals surface area (Å²) in [5, 5.41) is 8.87. The van der Waals surface area contributed by atoms with Gasteiger partial charge in [-0.1, -0.05) is 12.1 Å². The predicted octanol–water partition coefficient (Wildman–Crippen LogP) is 1.14. The van der Waals surface area contributed by atoms with Gasteiger partial charge in [-0.05, 0) is 17.7 Å². The SMILES string of the molecule is CN1CCn2c1cc(OCc1cccc(C#N)c1)nc2=O. The second kappa shape index (κ2) is 5.29. The third-order valence-electron chi connectivity index (χ3n) is 3.46. The Labute approximate surface area is 121 Å². The number of hydrogen-bond acceptors (Lipinski definition) is 5. The van der Waals surface area contributed by atoms with E-state index in [9.17, 15) is 4.79 Å². The van der Waals surface area contributed by atoms with Gasteiger partial charge in [0, 0.05) is 26.2 Å². The number of likely N-dealkylation sites (N-methyl/N-ethyl adjacent to an activating group) is 1. The molecule has 0 amide bonds. The molecule has 0 unspecified atom stereocenters. The fraction of sp³-hybridized carbons (Fsp3) is 0.267. The third kappa shape index (κ3) is 2.58. The lowest BCUT2D eigenvalue weighted by molar-refractivity contribution is 0.291. The summed E-state index contributed by atoms with van der Waals surface area (Å²) in [7, 11) is 1.93. The molecular weight excluding hydrogens is 268 g/mol. The molecule has 2 aromatic rings. The molecule has 1 aliphatic heterocycles. The summed E-state index contributed by atoms with van der Waals surface area (Å²) in [6.45, 7) is 1.72. The summed E-state index contributed by atoms with van der Waals surface area (Å²) in [4.78, 5) is 17.8. The van der Waals surface area contributed by atoms with Gasteiger partial charge >= 0.3 is 5.69 Å². The van der Waals surface area contributed by atoms with E-state index in [4.69, 9.17) is 10.00 Å². The maximum absolute atomic E-state index is 11.9. The number of nitriles is 1. The maximum Gasteiger partial charge on any atom is 0.352 e. The highest BCUT2D eigenvalue weighted by atomic mass is 16.5. The summed E-state index contributed by atoms with van der Waals surface area (Å²) in [6, 6.07) is 11.0. The second-order valence-electron chi connectivity index (χ2n) is 4.91. The smallest absolute Gasteiger partial charge is 0.352 e. The molecule has 106 valence electrons. The van der Waals surface area contributed by atoms with Crippen LogP contribution in [-0.4, -0.2) is 23.1 Å². The van der Waals surface area contributed by atoms with E-state index in [0.29, 0.717) is 18.0 Å².